The van der Waals surface area contributed by atoms with E-state index in [1.54, 1.807) is 12.1 Å². The van der Waals surface area contributed by atoms with Crippen molar-refractivity contribution in [2.24, 2.45) is 0 Å². The highest BCUT2D eigenvalue weighted by Crippen LogP contribution is 2.31. The maximum Gasteiger partial charge on any atom is 0.164 e. The quantitative estimate of drug-likeness (QED) is 0.802. The first-order valence-electron chi connectivity index (χ1n) is 7.81. The first-order valence-corrected chi connectivity index (χ1v) is 7.81. The molecule has 120 valence electrons. The molecule has 0 bridgehead atoms. The minimum Gasteiger partial charge on any atom is -0.367 e. The number of carbonyl (C=O) groups excluding carboxylic acids is 1. The van der Waals surface area contributed by atoms with Crippen LogP contribution in [0.4, 0.5) is 10.1 Å². The van der Waals surface area contributed by atoms with Gasteiger partial charge in [-0.2, -0.15) is 0 Å². The third kappa shape index (κ3) is 3.27. The molecule has 0 radical (unpaired) electrons. The molecule has 2 atom stereocenters. The number of anilines is 1. The summed E-state index contributed by atoms with van der Waals surface area (Å²) in [5.74, 6) is -0.723. The van der Waals surface area contributed by atoms with Gasteiger partial charge in [0, 0.05) is 13.1 Å². The molecule has 1 heterocycles. The summed E-state index contributed by atoms with van der Waals surface area (Å²) in [6.07, 6.45) is -0.0972. The van der Waals surface area contributed by atoms with Gasteiger partial charge in [-0.05, 0) is 31.5 Å². The van der Waals surface area contributed by atoms with Gasteiger partial charge in [-0.1, -0.05) is 36.4 Å². The Labute approximate surface area is 135 Å². The van der Waals surface area contributed by atoms with E-state index >= 15 is 0 Å². The van der Waals surface area contributed by atoms with E-state index in [1.165, 1.54) is 13.0 Å². The predicted octanol–water partition coefficient (Wildman–Crippen LogP) is 3.99. The van der Waals surface area contributed by atoms with Gasteiger partial charge in [0.25, 0.3) is 0 Å². The van der Waals surface area contributed by atoms with Crippen molar-refractivity contribution in [3.05, 3.63) is 65.5 Å². The highest BCUT2D eigenvalue weighted by molar-refractivity contribution is 6.00. The van der Waals surface area contributed by atoms with Gasteiger partial charge in [-0.25, -0.2) is 4.39 Å². The van der Waals surface area contributed by atoms with E-state index in [1.807, 2.05) is 42.2 Å². The third-order valence-electron chi connectivity index (χ3n) is 4.12. The van der Waals surface area contributed by atoms with Gasteiger partial charge in [0.05, 0.1) is 17.4 Å². The summed E-state index contributed by atoms with van der Waals surface area (Å²) < 4.78 is 20.1. The standard InChI is InChI=1S/C19H20FNO2/c1-13-11-21(12-18(23-13)15-7-4-3-5-8-15)17-10-6-9-16(20)19(17)14(2)22/h3-10,13,18H,11-12H2,1-2H3. The molecule has 2 aromatic rings. The zero-order valence-electron chi connectivity index (χ0n) is 13.3. The van der Waals surface area contributed by atoms with E-state index in [4.69, 9.17) is 4.74 Å². The number of hydrogen-bond acceptors (Lipinski definition) is 3. The summed E-state index contributed by atoms with van der Waals surface area (Å²) in [7, 11) is 0. The molecular weight excluding hydrogens is 293 g/mol. The van der Waals surface area contributed by atoms with Gasteiger partial charge in [0.1, 0.15) is 11.9 Å². The van der Waals surface area contributed by atoms with Crippen LogP contribution in [0, 0.1) is 5.82 Å². The lowest BCUT2D eigenvalue weighted by Gasteiger charge is -2.39. The van der Waals surface area contributed by atoms with Crippen LogP contribution in [-0.2, 0) is 4.74 Å². The maximum atomic E-state index is 14.1. The minimum absolute atomic E-state index is 0.00275. The first-order chi connectivity index (χ1) is 11.1. The Bertz CT molecular complexity index is 702. The zero-order chi connectivity index (χ0) is 16.4. The van der Waals surface area contributed by atoms with Crippen molar-refractivity contribution >= 4 is 11.5 Å². The van der Waals surface area contributed by atoms with Crippen molar-refractivity contribution in [1.29, 1.82) is 0 Å². The Hall–Kier alpha value is -2.20. The van der Waals surface area contributed by atoms with Crippen molar-refractivity contribution in [2.45, 2.75) is 26.1 Å². The number of rotatable bonds is 3. The fourth-order valence-electron chi connectivity index (χ4n) is 3.12. The lowest BCUT2D eigenvalue weighted by molar-refractivity contribution is -0.0174. The highest BCUT2D eigenvalue weighted by atomic mass is 19.1. The molecule has 1 fully saturated rings. The van der Waals surface area contributed by atoms with Gasteiger partial charge in [-0.3, -0.25) is 4.79 Å². The number of ketones is 1. The smallest absolute Gasteiger partial charge is 0.164 e. The Morgan fingerprint density at radius 1 is 1.13 bits per heavy atom. The Morgan fingerprint density at radius 2 is 1.87 bits per heavy atom. The van der Waals surface area contributed by atoms with Crippen LogP contribution in [0.1, 0.15) is 35.9 Å². The third-order valence-corrected chi connectivity index (χ3v) is 4.12. The molecule has 0 aliphatic carbocycles. The van der Waals surface area contributed by atoms with E-state index in [9.17, 15) is 9.18 Å². The highest BCUT2D eigenvalue weighted by Gasteiger charge is 2.29. The molecule has 2 unspecified atom stereocenters. The van der Waals surface area contributed by atoms with E-state index < -0.39 is 5.82 Å². The lowest BCUT2D eigenvalue weighted by atomic mass is 10.0. The lowest BCUT2D eigenvalue weighted by Crippen LogP contribution is -2.43. The molecule has 0 saturated carbocycles. The summed E-state index contributed by atoms with van der Waals surface area (Å²) in [5, 5.41) is 0. The SMILES string of the molecule is CC(=O)c1c(F)cccc1N1CC(C)OC(c2ccccc2)C1. The zero-order valence-corrected chi connectivity index (χ0v) is 13.3. The van der Waals surface area contributed by atoms with Crippen LogP contribution in [0.3, 0.4) is 0 Å². The van der Waals surface area contributed by atoms with Crippen LogP contribution in [0.15, 0.2) is 48.5 Å². The summed E-state index contributed by atoms with van der Waals surface area (Å²) in [5.41, 5.74) is 1.90. The van der Waals surface area contributed by atoms with Crippen LogP contribution in [-0.4, -0.2) is 25.0 Å². The summed E-state index contributed by atoms with van der Waals surface area (Å²) in [4.78, 5) is 13.9. The maximum absolute atomic E-state index is 14.1. The average Bonchev–Trinajstić information content (AvgIpc) is 2.54. The number of nitrogens with zero attached hydrogens (tertiary/aromatic N) is 1. The van der Waals surface area contributed by atoms with Crippen molar-refractivity contribution in [2.75, 3.05) is 18.0 Å². The molecule has 2 aromatic carbocycles. The number of morpholine rings is 1. The Morgan fingerprint density at radius 3 is 2.57 bits per heavy atom. The number of halogens is 1. The summed E-state index contributed by atoms with van der Waals surface area (Å²) in [6, 6.07) is 14.8. The average molecular weight is 313 g/mol. The van der Waals surface area contributed by atoms with Gasteiger partial charge < -0.3 is 9.64 Å². The second-order valence-corrected chi connectivity index (χ2v) is 5.94. The molecule has 1 aliphatic rings. The Kier molecular flexibility index (Phi) is 4.44. The van der Waals surface area contributed by atoms with Gasteiger partial charge >= 0.3 is 0 Å². The normalized spacial score (nSPS) is 21.3. The second kappa shape index (κ2) is 6.50. The topological polar surface area (TPSA) is 29.5 Å². The van der Waals surface area contributed by atoms with Crippen LogP contribution < -0.4 is 4.90 Å². The fraction of sp³-hybridized carbons (Fsp3) is 0.316. The summed E-state index contributed by atoms with van der Waals surface area (Å²) in [6.45, 7) is 4.63. The van der Waals surface area contributed by atoms with Crippen LogP contribution in [0.25, 0.3) is 0 Å². The molecule has 0 amide bonds. The first kappa shape index (κ1) is 15.7. The number of Topliss-reactive ketones (excluding diaryl/α,β-unsaturated/α-hetero) is 1. The molecular formula is C19H20FNO2. The molecule has 23 heavy (non-hydrogen) atoms. The van der Waals surface area contributed by atoms with Crippen LogP contribution in [0.2, 0.25) is 0 Å². The van der Waals surface area contributed by atoms with E-state index in [0.29, 0.717) is 18.8 Å². The van der Waals surface area contributed by atoms with Gasteiger partial charge in [0.15, 0.2) is 5.78 Å². The monoisotopic (exact) mass is 313 g/mol. The minimum atomic E-state index is -0.467. The van der Waals surface area contributed by atoms with Gasteiger partial charge in [0.2, 0.25) is 0 Å². The predicted molar refractivity (Wildman–Crippen MR) is 88.3 cm³/mol. The van der Waals surface area contributed by atoms with Crippen molar-refractivity contribution < 1.29 is 13.9 Å². The number of carbonyl (C=O) groups is 1. The molecule has 4 heteroatoms. The fourth-order valence-corrected chi connectivity index (χ4v) is 3.12. The molecule has 3 rings (SSSR count). The Balaban J connectivity index is 1.94. The molecule has 0 spiro atoms. The van der Waals surface area contributed by atoms with Crippen LogP contribution in [0.5, 0.6) is 0 Å². The van der Waals surface area contributed by atoms with E-state index in [0.717, 1.165) is 5.56 Å². The molecule has 3 nitrogen and oxygen atoms in total. The van der Waals surface area contributed by atoms with Crippen molar-refractivity contribution in [3.8, 4) is 0 Å². The molecule has 0 N–H and O–H groups in total. The molecule has 1 aliphatic heterocycles. The number of hydrogen-bond donors (Lipinski definition) is 0. The molecule has 1 saturated heterocycles. The molecule has 0 aromatic heterocycles. The van der Waals surface area contributed by atoms with Gasteiger partial charge in [-0.15, -0.1) is 0 Å². The van der Waals surface area contributed by atoms with Crippen molar-refractivity contribution in [1.82, 2.24) is 0 Å². The number of ether oxygens (including phenoxy) is 1. The van der Waals surface area contributed by atoms with Crippen molar-refractivity contribution in [3.63, 3.8) is 0 Å². The largest absolute Gasteiger partial charge is 0.367 e. The second-order valence-electron chi connectivity index (χ2n) is 5.94. The number of benzene rings is 2. The van der Waals surface area contributed by atoms with E-state index in [-0.39, 0.29) is 23.6 Å². The van der Waals surface area contributed by atoms with Crippen LogP contribution >= 0.6 is 0 Å². The van der Waals surface area contributed by atoms with E-state index in [2.05, 4.69) is 0 Å². The summed E-state index contributed by atoms with van der Waals surface area (Å²) >= 11 is 0.